The molecule has 94 valence electrons. The second-order valence-electron chi connectivity index (χ2n) is 5.89. The molecule has 1 heterocycles. The Morgan fingerprint density at radius 1 is 1.06 bits per heavy atom. The summed E-state index contributed by atoms with van der Waals surface area (Å²) in [6.07, 6.45) is 4.66. The van der Waals surface area contributed by atoms with Crippen molar-refractivity contribution in [1.82, 2.24) is 4.98 Å². The van der Waals surface area contributed by atoms with Gasteiger partial charge in [-0.05, 0) is 52.8 Å². The minimum Gasteiger partial charge on any atom is -0.399 e. The third-order valence-corrected chi connectivity index (χ3v) is 2.84. The second-order valence-corrected chi connectivity index (χ2v) is 5.89. The van der Waals surface area contributed by atoms with Gasteiger partial charge < -0.3 is 5.73 Å². The van der Waals surface area contributed by atoms with Crippen molar-refractivity contribution in [3.05, 3.63) is 48.3 Å². The van der Waals surface area contributed by atoms with Gasteiger partial charge >= 0.3 is 0 Å². The van der Waals surface area contributed by atoms with Crippen LogP contribution < -0.4 is 5.73 Å². The van der Waals surface area contributed by atoms with Crippen LogP contribution in [0.25, 0.3) is 11.1 Å². The number of benzene rings is 1. The molecule has 0 saturated heterocycles. The van der Waals surface area contributed by atoms with Crippen molar-refractivity contribution in [3.63, 3.8) is 0 Å². The fourth-order valence-corrected chi connectivity index (χ4v) is 2.14. The summed E-state index contributed by atoms with van der Waals surface area (Å²) in [7, 11) is 0. The van der Waals surface area contributed by atoms with E-state index in [1.54, 1.807) is 0 Å². The molecule has 0 saturated carbocycles. The standard InChI is InChI=1S/C16H20N2/c1-16(2,3)11-13-10-14(17)4-5-15(13)12-6-8-18-9-7-12/h4-10H,11,17H2,1-3H3. The van der Waals surface area contributed by atoms with Gasteiger partial charge in [0.05, 0.1) is 0 Å². The van der Waals surface area contributed by atoms with E-state index in [0.29, 0.717) is 0 Å². The second kappa shape index (κ2) is 4.81. The zero-order chi connectivity index (χ0) is 13.2. The number of anilines is 1. The fourth-order valence-electron chi connectivity index (χ4n) is 2.14. The zero-order valence-corrected chi connectivity index (χ0v) is 11.3. The van der Waals surface area contributed by atoms with Crippen LogP contribution >= 0.6 is 0 Å². The molecule has 0 spiro atoms. The van der Waals surface area contributed by atoms with Gasteiger partial charge in [0.1, 0.15) is 0 Å². The van der Waals surface area contributed by atoms with Crippen molar-refractivity contribution in [1.29, 1.82) is 0 Å². The molecule has 0 amide bonds. The summed E-state index contributed by atoms with van der Waals surface area (Å²) in [6, 6.07) is 10.2. The third-order valence-electron chi connectivity index (χ3n) is 2.84. The van der Waals surface area contributed by atoms with Crippen molar-refractivity contribution in [2.45, 2.75) is 27.2 Å². The van der Waals surface area contributed by atoms with Crippen LogP contribution in [0.1, 0.15) is 26.3 Å². The predicted octanol–water partition coefficient (Wildman–Crippen LogP) is 3.92. The number of aromatic nitrogens is 1. The largest absolute Gasteiger partial charge is 0.399 e. The number of rotatable bonds is 2. The van der Waals surface area contributed by atoms with Crippen LogP contribution in [0, 0.1) is 5.41 Å². The highest BCUT2D eigenvalue weighted by Gasteiger charge is 2.15. The summed E-state index contributed by atoms with van der Waals surface area (Å²) in [4.78, 5) is 4.07. The molecule has 2 nitrogen and oxygen atoms in total. The van der Waals surface area contributed by atoms with E-state index in [-0.39, 0.29) is 5.41 Å². The molecule has 0 aliphatic carbocycles. The predicted molar refractivity (Wildman–Crippen MR) is 77.2 cm³/mol. The maximum atomic E-state index is 5.91. The van der Waals surface area contributed by atoms with Gasteiger partial charge in [-0.3, -0.25) is 4.98 Å². The average Bonchev–Trinajstić information content (AvgIpc) is 2.28. The van der Waals surface area contributed by atoms with Gasteiger partial charge in [0.15, 0.2) is 0 Å². The van der Waals surface area contributed by atoms with E-state index in [0.717, 1.165) is 12.1 Å². The maximum Gasteiger partial charge on any atom is 0.0317 e. The van der Waals surface area contributed by atoms with E-state index >= 15 is 0 Å². The molecule has 0 fully saturated rings. The highest BCUT2D eigenvalue weighted by Crippen LogP contribution is 2.30. The molecule has 2 N–H and O–H groups in total. The first-order valence-electron chi connectivity index (χ1n) is 6.24. The highest BCUT2D eigenvalue weighted by atomic mass is 14.6. The first-order valence-corrected chi connectivity index (χ1v) is 6.24. The van der Waals surface area contributed by atoms with Gasteiger partial charge in [0, 0.05) is 18.1 Å². The summed E-state index contributed by atoms with van der Waals surface area (Å²) in [5.74, 6) is 0. The smallest absolute Gasteiger partial charge is 0.0317 e. The molecule has 1 aromatic heterocycles. The van der Waals surface area contributed by atoms with E-state index in [9.17, 15) is 0 Å². The van der Waals surface area contributed by atoms with Gasteiger partial charge in [-0.2, -0.15) is 0 Å². The average molecular weight is 240 g/mol. The van der Waals surface area contributed by atoms with E-state index < -0.39 is 0 Å². The quantitative estimate of drug-likeness (QED) is 0.808. The number of hydrogen-bond acceptors (Lipinski definition) is 2. The molecule has 2 rings (SSSR count). The van der Waals surface area contributed by atoms with Gasteiger partial charge in [0.25, 0.3) is 0 Å². The van der Waals surface area contributed by atoms with E-state index in [2.05, 4.69) is 37.9 Å². The Morgan fingerprint density at radius 3 is 2.33 bits per heavy atom. The summed E-state index contributed by atoms with van der Waals surface area (Å²) in [5.41, 5.74) is 10.7. The number of hydrogen-bond donors (Lipinski definition) is 1. The Labute approximate surface area is 109 Å². The first-order chi connectivity index (χ1) is 8.46. The van der Waals surface area contributed by atoms with Crippen molar-refractivity contribution >= 4 is 5.69 Å². The molecule has 0 bridgehead atoms. The van der Waals surface area contributed by atoms with E-state index in [1.807, 2.05) is 30.6 Å². The summed E-state index contributed by atoms with van der Waals surface area (Å²) < 4.78 is 0. The number of nitrogens with zero attached hydrogens (tertiary/aromatic N) is 1. The molecule has 2 aromatic rings. The van der Waals surface area contributed by atoms with E-state index in [4.69, 9.17) is 5.73 Å². The molecule has 2 heteroatoms. The van der Waals surface area contributed by atoms with Crippen LogP contribution in [-0.4, -0.2) is 4.98 Å². The topological polar surface area (TPSA) is 38.9 Å². The highest BCUT2D eigenvalue weighted by molar-refractivity contribution is 5.69. The Hall–Kier alpha value is -1.83. The van der Waals surface area contributed by atoms with Crippen molar-refractivity contribution < 1.29 is 0 Å². The fraction of sp³-hybridized carbons (Fsp3) is 0.312. The first kappa shape index (κ1) is 12.6. The maximum absolute atomic E-state index is 5.91. The molecule has 0 radical (unpaired) electrons. The van der Waals surface area contributed by atoms with Crippen molar-refractivity contribution in [3.8, 4) is 11.1 Å². The lowest BCUT2D eigenvalue weighted by atomic mass is 9.85. The lowest BCUT2D eigenvalue weighted by Crippen LogP contribution is -2.10. The Morgan fingerprint density at radius 2 is 1.72 bits per heavy atom. The summed E-state index contributed by atoms with van der Waals surface area (Å²) in [5, 5.41) is 0. The zero-order valence-electron chi connectivity index (χ0n) is 11.3. The van der Waals surface area contributed by atoms with Crippen LogP contribution in [0.15, 0.2) is 42.7 Å². The molecule has 1 aromatic carbocycles. The molecular formula is C16H20N2. The van der Waals surface area contributed by atoms with Crippen molar-refractivity contribution in [2.24, 2.45) is 5.41 Å². The Bertz CT molecular complexity index is 525. The molecule has 0 aliphatic rings. The van der Waals surface area contributed by atoms with Gasteiger partial charge in [0.2, 0.25) is 0 Å². The molecular weight excluding hydrogens is 220 g/mol. The number of nitrogens with two attached hydrogens (primary N) is 1. The van der Waals surface area contributed by atoms with E-state index in [1.165, 1.54) is 16.7 Å². The van der Waals surface area contributed by atoms with Crippen molar-refractivity contribution in [2.75, 3.05) is 5.73 Å². The SMILES string of the molecule is CC(C)(C)Cc1cc(N)ccc1-c1ccncc1. The van der Waals surface area contributed by atoms with Crippen LogP contribution in [0.5, 0.6) is 0 Å². The lowest BCUT2D eigenvalue weighted by molar-refractivity contribution is 0.412. The van der Waals surface area contributed by atoms with Gasteiger partial charge in [-0.15, -0.1) is 0 Å². The van der Waals surface area contributed by atoms with Gasteiger partial charge in [-0.25, -0.2) is 0 Å². The number of pyridine rings is 1. The van der Waals surface area contributed by atoms with Crippen LogP contribution in [0.3, 0.4) is 0 Å². The number of nitrogen functional groups attached to an aromatic ring is 1. The van der Waals surface area contributed by atoms with Crippen LogP contribution in [-0.2, 0) is 6.42 Å². The Kier molecular flexibility index (Phi) is 3.37. The van der Waals surface area contributed by atoms with Crippen LogP contribution in [0.2, 0.25) is 0 Å². The third kappa shape index (κ3) is 3.10. The minimum atomic E-state index is 0.246. The van der Waals surface area contributed by atoms with Crippen LogP contribution in [0.4, 0.5) is 5.69 Å². The Balaban J connectivity index is 2.47. The molecule has 0 unspecified atom stereocenters. The molecule has 18 heavy (non-hydrogen) atoms. The normalized spacial score (nSPS) is 11.5. The lowest BCUT2D eigenvalue weighted by Gasteiger charge is -2.21. The molecule has 0 aliphatic heterocycles. The minimum absolute atomic E-state index is 0.246. The monoisotopic (exact) mass is 240 g/mol. The molecule has 0 atom stereocenters. The van der Waals surface area contributed by atoms with Gasteiger partial charge in [-0.1, -0.05) is 26.8 Å². The summed E-state index contributed by atoms with van der Waals surface area (Å²) in [6.45, 7) is 6.73. The summed E-state index contributed by atoms with van der Waals surface area (Å²) >= 11 is 0.